The molecule has 58 valence electrons. The van der Waals surface area contributed by atoms with Crippen LogP contribution in [0.4, 0.5) is 0 Å². The van der Waals surface area contributed by atoms with Crippen LogP contribution >= 0.6 is 12.6 Å². The first-order chi connectivity index (χ1) is 4.74. The largest absolute Gasteiger partial charge is 0.345 e. The van der Waals surface area contributed by atoms with Crippen molar-refractivity contribution in [3.8, 4) is 0 Å². The first kappa shape index (κ1) is 7.92. The van der Waals surface area contributed by atoms with Crippen LogP contribution in [0.2, 0.25) is 0 Å². The first-order valence-electron chi connectivity index (χ1n) is 3.59. The minimum absolute atomic E-state index is 0.134. The van der Waals surface area contributed by atoms with Gasteiger partial charge in [0.1, 0.15) is 0 Å². The number of carbonyl (C=O) groups excluding carboxylic acids is 1. The fourth-order valence-corrected chi connectivity index (χ4v) is 1.15. The van der Waals surface area contributed by atoms with E-state index in [1.807, 2.05) is 7.05 Å². The highest BCUT2D eigenvalue weighted by Crippen LogP contribution is 2.29. The van der Waals surface area contributed by atoms with Crippen LogP contribution in [0.1, 0.15) is 12.8 Å². The Bertz CT molecular complexity index is 134. The molecule has 0 aliphatic heterocycles. The van der Waals surface area contributed by atoms with Gasteiger partial charge in [-0.2, -0.15) is 12.6 Å². The third-order valence-electron chi connectivity index (χ3n) is 1.79. The molecule has 1 aliphatic carbocycles. The molecule has 0 unspecified atom stereocenters. The summed E-state index contributed by atoms with van der Waals surface area (Å²) in [5.41, 5.74) is 0. The van der Waals surface area contributed by atoms with Gasteiger partial charge >= 0.3 is 0 Å². The Morgan fingerprint density at radius 1 is 1.70 bits per heavy atom. The van der Waals surface area contributed by atoms with Crippen molar-refractivity contribution >= 4 is 18.5 Å². The van der Waals surface area contributed by atoms with E-state index >= 15 is 0 Å². The van der Waals surface area contributed by atoms with Crippen LogP contribution in [0.5, 0.6) is 0 Å². The van der Waals surface area contributed by atoms with Gasteiger partial charge in [-0.1, -0.05) is 0 Å². The van der Waals surface area contributed by atoms with E-state index in [-0.39, 0.29) is 5.91 Å². The van der Waals surface area contributed by atoms with E-state index in [4.69, 9.17) is 0 Å². The van der Waals surface area contributed by atoms with Crippen molar-refractivity contribution in [3.63, 3.8) is 0 Å². The standard InChI is InChI=1S/C7H13NOS/c1-8(7(9)5-10)4-6-2-3-6/h6,10H,2-5H2,1H3. The fraction of sp³-hybridized carbons (Fsp3) is 0.857. The quantitative estimate of drug-likeness (QED) is 0.603. The maximum atomic E-state index is 10.9. The molecule has 1 saturated carbocycles. The third-order valence-corrected chi connectivity index (χ3v) is 2.06. The lowest BCUT2D eigenvalue weighted by Gasteiger charge is -2.14. The molecule has 0 atom stereocenters. The second kappa shape index (κ2) is 3.28. The Kier molecular flexibility index (Phi) is 2.60. The summed E-state index contributed by atoms with van der Waals surface area (Å²) in [6.07, 6.45) is 2.59. The Morgan fingerprint density at radius 2 is 2.30 bits per heavy atom. The summed E-state index contributed by atoms with van der Waals surface area (Å²) >= 11 is 3.91. The van der Waals surface area contributed by atoms with Gasteiger partial charge in [-0.05, 0) is 18.8 Å². The van der Waals surface area contributed by atoms with Gasteiger partial charge in [0.15, 0.2) is 0 Å². The first-order valence-corrected chi connectivity index (χ1v) is 4.22. The van der Waals surface area contributed by atoms with Crippen molar-refractivity contribution in [1.29, 1.82) is 0 Å². The van der Waals surface area contributed by atoms with Crippen molar-refractivity contribution in [2.45, 2.75) is 12.8 Å². The molecule has 0 N–H and O–H groups in total. The zero-order valence-corrected chi connectivity index (χ0v) is 7.10. The molecular weight excluding hydrogens is 146 g/mol. The van der Waals surface area contributed by atoms with Gasteiger partial charge in [0.25, 0.3) is 0 Å². The van der Waals surface area contributed by atoms with E-state index in [1.54, 1.807) is 4.90 Å². The Labute approximate surface area is 67.0 Å². The minimum atomic E-state index is 0.134. The molecule has 1 rings (SSSR count). The van der Waals surface area contributed by atoms with E-state index in [9.17, 15) is 4.79 Å². The van der Waals surface area contributed by atoms with E-state index in [1.165, 1.54) is 12.8 Å². The van der Waals surface area contributed by atoms with Crippen molar-refractivity contribution in [3.05, 3.63) is 0 Å². The average Bonchev–Trinajstić information content (AvgIpc) is 2.70. The normalized spacial score (nSPS) is 17.0. The molecule has 0 heterocycles. The molecular formula is C7H13NOS. The van der Waals surface area contributed by atoms with Crippen molar-refractivity contribution < 1.29 is 4.79 Å². The lowest BCUT2D eigenvalue weighted by atomic mass is 10.4. The van der Waals surface area contributed by atoms with Crippen LogP contribution in [-0.4, -0.2) is 30.2 Å². The van der Waals surface area contributed by atoms with Crippen LogP contribution in [0.3, 0.4) is 0 Å². The Hall–Kier alpha value is -0.180. The maximum absolute atomic E-state index is 10.9. The molecule has 0 saturated heterocycles. The molecule has 3 heteroatoms. The van der Waals surface area contributed by atoms with Crippen LogP contribution in [0.25, 0.3) is 0 Å². The predicted molar refractivity (Wildman–Crippen MR) is 44.2 cm³/mol. The molecule has 1 aliphatic rings. The molecule has 1 fully saturated rings. The lowest BCUT2D eigenvalue weighted by molar-refractivity contribution is -0.127. The number of rotatable bonds is 3. The zero-order valence-electron chi connectivity index (χ0n) is 6.21. The monoisotopic (exact) mass is 159 g/mol. The highest BCUT2D eigenvalue weighted by atomic mass is 32.1. The van der Waals surface area contributed by atoms with Crippen molar-refractivity contribution in [1.82, 2.24) is 4.90 Å². The number of thiol groups is 1. The molecule has 1 amide bonds. The summed E-state index contributed by atoms with van der Waals surface area (Å²) in [4.78, 5) is 12.7. The highest BCUT2D eigenvalue weighted by Gasteiger charge is 2.24. The number of hydrogen-bond donors (Lipinski definition) is 1. The lowest BCUT2D eigenvalue weighted by Crippen LogP contribution is -2.29. The summed E-state index contributed by atoms with van der Waals surface area (Å²) in [7, 11) is 1.84. The second-order valence-electron chi connectivity index (χ2n) is 2.88. The van der Waals surface area contributed by atoms with Gasteiger partial charge in [-0.15, -0.1) is 0 Å². The topological polar surface area (TPSA) is 20.3 Å². The van der Waals surface area contributed by atoms with Gasteiger partial charge in [0.05, 0.1) is 5.75 Å². The summed E-state index contributed by atoms with van der Waals surface area (Å²) in [6.45, 7) is 0.930. The Balaban J connectivity index is 2.18. The van der Waals surface area contributed by atoms with Gasteiger partial charge < -0.3 is 4.90 Å². The second-order valence-corrected chi connectivity index (χ2v) is 3.19. The van der Waals surface area contributed by atoms with Gasteiger partial charge in [0, 0.05) is 13.6 Å². The summed E-state index contributed by atoms with van der Waals surface area (Å²) in [5.74, 6) is 1.26. The number of carbonyl (C=O) groups is 1. The zero-order chi connectivity index (χ0) is 7.56. The summed E-state index contributed by atoms with van der Waals surface area (Å²) in [5, 5.41) is 0. The van der Waals surface area contributed by atoms with Crippen LogP contribution in [0, 0.1) is 5.92 Å². The fourth-order valence-electron chi connectivity index (χ4n) is 0.910. The number of hydrogen-bond acceptors (Lipinski definition) is 2. The van der Waals surface area contributed by atoms with E-state index in [0.29, 0.717) is 5.75 Å². The molecule has 0 aromatic heterocycles. The molecule has 0 aromatic rings. The molecule has 0 spiro atoms. The van der Waals surface area contributed by atoms with Crippen molar-refractivity contribution in [2.75, 3.05) is 19.3 Å². The predicted octanol–water partition coefficient (Wildman–Crippen LogP) is 0.785. The third kappa shape index (κ3) is 2.21. The number of amides is 1. The average molecular weight is 159 g/mol. The number of nitrogens with zero attached hydrogens (tertiary/aromatic N) is 1. The summed E-state index contributed by atoms with van der Waals surface area (Å²) in [6, 6.07) is 0. The molecule has 2 nitrogen and oxygen atoms in total. The smallest absolute Gasteiger partial charge is 0.232 e. The Morgan fingerprint density at radius 3 is 2.70 bits per heavy atom. The molecule has 0 aromatic carbocycles. The van der Waals surface area contributed by atoms with Gasteiger partial charge in [0.2, 0.25) is 5.91 Å². The maximum Gasteiger partial charge on any atom is 0.232 e. The van der Waals surface area contributed by atoms with E-state index in [2.05, 4.69) is 12.6 Å². The summed E-state index contributed by atoms with van der Waals surface area (Å²) < 4.78 is 0. The minimum Gasteiger partial charge on any atom is -0.345 e. The van der Waals surface area contributed by atoms with Crippen molar-refractivity contribution in [2.24, 2.45) is 5.92 Å². The van der Waals surface area contributed by atoms with E-state index < -0.39 is 0 Å². The van der Waals surface area contributed by atoms with Gasteiger partial charge in [-0.3, -0.25) is 4.79 Å². The highest BCUT2D eigenvalue weighted by molar-refractivity contribution is 7.81. The molecule has 0 bridgehead atoms. The molecule has 0 radical (unpaired) electrons. The van der Waals surface area contributed by atoms with Crippen LogP contribution < -0.4 is 0 Å². The molecule has 10 heavy (non-hydrogen) atoms. The van der Waals surface area contributed by atoms with Gasteiger partial charge in [-0.25, -0.2) is 0 Å². The van der Waals surface area contributed by atoms with Crippen LogP contribution in [-0.2, 0) is 4.79 Å². The SMILES string of the molecule is CN(CC1CC1)C(=O)CS. The van der Waals surface area contributed by atoms with Crippen LogP contribution in [0.15, 0.2) is 0 Å². The van der Waals surface area contributed by atoms with E-state index in [0.717, 1.165) is 12.5 Å².